The zero-order valence-corrected chi connectivity index (χ0v) is 12.7. The van der Waals surface area contributed by atoms with Crippen LogP contribution in [0.4, 0.5) is 0 Å². The normalized spacial score (nSPS) is 10.9. The molecule has 1 N–H and O–H groups in total. The van der Waals surface area contributed by atoms with Crippen molar-refractivity contribution >= 4 is 27.5 Å². The van der Waals surface area contributed by atoms with Gasteiger partial charge in [-0.05, 0) is 19.2 Å². The van der Waals surface area contributed by atoms with E-state index in [0.29, 0.717) is 5.15 Å². The summed E-state index contributed by atoms with van der Waals surface area (Å²) >= 11 is 9.63. The van der Waals surface area contributed by atoms with Crippen LogP contribution < -0.4 is 5.32 Å². The third-order valence-corrected chi connectivity index (χ3v) is 3.71. The van der Waals surface area contributed by atoms with Crippen LogP contribution in [-0.2, 0) is 13.5 Å². The van der Waals surface area contributed by atoms with E-state index in [0.717, 1.165) is 34.5 Å². The Kier molecular flexibility index (Phi) is 4.43. The lowest BCUT2D eigenvalue weighted by Gasteiger charge is -2.06. The third kappa shape index (κ3) is 2.76. The fourth-order valence-electron chi connectivity index (χ4n) is 1.87. The maximum Gasteiger partial charge on any atom is 0.151 e. The molecule has 0 spiro atoms. The first kappa shape index (κ1) is 13.6. The van der Waals surface area contributed by atoms with E-state index in [2.05, 4.69) is 30.8 Å². The summed E-state index contributed by atoms with van der Waals surface area (Å²) in [6, 6.07) is 8.07. The Balaban J connectivity index is 2.37. The first-order valence-corrected chi connectivity index (χ1v) is 6.92. The number of benzene rings is 1. The molecule has 0 amide bonds. The minimum Gasteiger partial charge on any atom is -0.330 e. The van der Waals surface area contributed by atoms with Crippen LogP contribution in [0.3, 0.4) is 0 Å². The van der Waals surface area contributed by atoms with Gasteiger partial charge in [0.25, 0.3) is 0 Å². The van der Waals surface area contributed by atoms with Crippen LogP contribution in [0.1, 0.15) is 5.69 Å². The number of nitrogens with one attached hydrogen (secondary N) is 1. The smallest absolute Gasteiger partial charge is 0.151 e. The summed E-state index contributed by atoms with van der Waals surface area (Å²) in [5.74, 6) is 0.901. The second kappa shape index (κ2) is 5.87. The number of hydrogen-bond acceptors (Lipinski definition) is 2. The second-order valence-electron chi connectivity index (χ2n) is 4.09. The molecule has 5 heteroatoms. The van der Waals surface area contributed by atoms with Gasteiger partial charge in [-0.2, -0.15) is 0 Å². The van der Waals surface area contributed by atoms with E-state index < -0.39 is 0 Å². The van der Waals surface area contributed by atoms with E-state index in [-0.39, 0.29) is 0 Å². The Labute approximate surface area is 120 Å². The molecule has 0 aliphatic rings. The fourth-order valence-corrected chi connectivity index (χ4v) is 2.44. The number of rotatable bonds is 4. The fraction of sp³-hybridized carbons (Fsp3) is 0.308. The van der Waals surface area contributed by atoms with E-state index in [9.17, 15) is 0 Å². The molecule has 18 heavy (non-hydrogen) atoms. The maximum atomic E-state index is 6.20. The highest BCUT2D eigenvalue weighted by Gasteiger charge is 2.13. The molecule has 96 valence electrons. The summed E-state index contributed by atoms with van der Waals surface area (Å²) in [4.78, 5) is 4.45. The highest BCUT2D eigenvalue weighted by atomic mass is 79.9. The first-order valence-electron chi connectivity index (χ1n) is 5.75. The van der Waals surface area contributed by atoms with Crippen molar-refractivity contribution in [2.24, 2.45) is 7.05 Å². The SMILES string of the molecule is CNCCc1c(Cl)nc(-c2ccc(Br)cc2)n1C. The van der Waals surface area contributed by atoms with Crippen LogP contribution in [-0.4, -0.2) is 23.1 Å². The molecule has 0 aliphatic heterocycles. The van der Waals surface area contributed by atoms with Gasteiger partial charge >= 0.3 is 0 Å². The molecule has 0 saturated heterocycles. The van der Waals surface area contributed by atoms with Crippen molar-refractivity contribution in [2.75, 3.05) is 13.6 Å². The highest BCUT2D eigenvalue weighted by Crippen LogP contribution is 2.25. The lowest BCUT2D eigenvalue weighted by molar-refractivity contribution is 0.740. The largest absolute Gasteiger partial charge is 0.330 e. The molecule has 0 aliphatic carbocycles. The van der Waals surface area contributed by atoms with Crippen molar-refractivity contribution in [1.29, 1.82) is 0 Å². The summed E-state index contributed by atoms with van der Waals surface area (Å²) in [6.45, 7) is 0.888. The van der Waals surface area contributed by atoms with E-state index in [1.165, 1.54) is 0 Å². The predicted octanol–water partition coefficient (Wildman–Crippen LogP) is 3.26. The van der Waals surface area contributed by atoms with E-state index in [4.69, 9.17) is 11.6 Å². The Morgan fingerprint density at radius 2 is 2.00 bits per heavy atom. The van der Waals surface area contributed by atoms with Crippen molar-refractivity contribution in [2.45, 2.75) is 6.42 Å². The third-order valence-electron chi connectivity index (χ3n) is 2.88. The molecule has 1 aromatic carbocycles. The summed E-state index contributed by atoms with van der Waals surface area (Å²) in [5.41, 5.74) is 2.13. The molecule has 2 rings (SSSR count). The van der Waals surface area contributed by atoms with E-state index in [1.54, 1.807) is 0 Å². The Morgan fingerprint density at radius 1 is 1.33 bits per heavy atom. The van der Waals surface area contributed by atoms with Crippen LogP contribution in [0.25, 0.3) is 11.4 Å². The number of halogens is 2. The van der Waals surface area contributed by atoms with Gasteiger partial charge in [0.2, 0.25) is 0 Å². The van der Waals surface area contributed by atoms with Gasteiger partial charge in [-0.15, -0.1) is 0 Å². The average molecular weight is 329 g/mol. The molecule has 0 saturated carbocycles. The highest BCUT2D eigenvalue weighted by molar-refractivity contribution is 9.10. The van der Waals surface area contributed by atoms with Crippen LogP contribution in [0, 0.1) is 0 Å². The first-order chi connectivity index (χ1) is 8.63. The van der Waals surface area contributed by atoms with Crippen LogP contribution in [0.15, 0.2) is 28.7 Å². The zero-order valence-electron chi connectivity index (χ0n) is 10.4. The Morgan fingerprint density at radius 3 is 2.61 bits per heavy atom. The molecule has 0 bridgehead atoms. The molecule has 0 radical (unpaired) electrons. The average Bonchev–Trinajstić information content (AvgIpc) is 2.64. The maximum absolute atomic E-state index is 6.20. The van der Waals surface area contributed by atoms with Crippen molar-refractivity contribution in [1.82, 2.24) is 14.9 Å². The number of nitrogens with zero attached hydrogens (tertiary/aromatic N) is 2. The molecule has 0 unspecified atom stereocenters. The van der Waals surface area contributed by atoms with Gasteiger partial charge in [-0.1, -0.05) is 39.7 Å². The molecular formula is C13H15BrClN3. The van der Waals surface area contributed by atoms with Gasteiger partial charge in [-0.3, -0.25) is 0 Å². The minimum atomic E-state index is 0.589. The molecule has 1 heterocycles. The number of likely N-dealkylation sites (N-methyl/N-ethyl adjacent to an activating group) is 1. The molecule has 1 aromatic heterocycles. The molecular weight excluding hydrogens is 314 g/mol. The summed E-state index contributed by atoms with van der Waals surface area (Å²) in [7, 11) is 3.93. The van der Waals surface area contributed by atoms with Crippen molar-refractivity contribution < 1.29 is 0 Å². The van der Waals surface area contributed by atoms with Gasteiger partial charge in [0.05, 0.1) is 5.69 Å². The van der Waals surface area contributed by atoms with Crippen molar-refractivity contribution in [3.8, 4) is 11.4 Å². The molecule has 0 atom stereocenters. The minimum absolute atomic E-state index is 0.589. The van der Waals surface area contributed by atoms with Crippen molar-refractivity contribution in [3.05, 3.63) is 39.6 Å². The standard InChI is InChI=1S/C13H15BrClN3/c1-16-8-7-11-12(15)17-13(18(11)2)9-3-5-10(14)6-4-9/h3-6,16H,7-8H2,1-2H3. The van der Waals surface area contributed by atoms with Crippen LogP contribution >= 0.6 is 27.5 Å². The quantitative estimate of drug-likeness (QED) is 0.933. The Hall–Kier alpha value is -0.840. The van der Waals surface area contributed by atoms with Gasteiger partial charge in [0.1, 0.15) is 5.82 Å². The van der Waals surface area contributed by atoms with Crippen LogP contribution in [0.5, 0.6) is 0 Å². The van der Waals surface area contributed by atoms with Gasteiger partial charge in [-0.25, -0.2) is 4.98 Å². The number of imidazole rings is 1. The zero-order chi connectivity index (χ0) is 13.1. The molecule has 2 aromatic rings. The van der Waals surface area contributed by atoms with Crippen molar-refractivity contribution in [3.63, 3.8) is 0 Å². The summed E-state index contributed by atoms with van der Waals surface area (Å²) < 4.78 is 3.12. The number of hydrogen-bond donors (Lipinski definition) is 1. The number of aromatic nitrogens is 2. The van der Waals surface area contributed by atoms with Crippen LogP contribution in [0.2, 0.25) is 5.15 Å². The van der Waals surface area contributed by atoms with E-state index >= 15 is 0 Å². The lowest BCUT2D eigenvalue weighted by atomic mass is 10.2. The summed E-state index contributed by atoms with van der Waals surface area (Å²) in [6.07, 6.45) is 0.870. The second-order valence-corrected chi connectivity index (χ2v) is 5.37. The van der Waals surface area contributed by atoms with Gasteiger partial charge in [0, 0.05) is 30.0 Å². The lowest BCUT2D eigenvalue weighted by Crippen LogP contribution is -2.12. The van der Waals surface area contributed by atoms with E-state index in [1.807, 2.05) is 38.4 Å². The van der Waals surface area contributed by atoms with Gasteiger partial charge in [0.15, 0.2) is 5.15 Å². The predicted molar refractivity (Wildman–Crippen MR) is 79.0 cm³/mol. The Bertz CT molecular complexity index is 534. The summed E-state index contributed by atoms with van der Waals surface area (Å²) in [5, 5.41) is 3.71. The topological polar surface area (TPSA) is 29.9 Å². The monoisotopic (exact) mass is 327 g/mol. The molecule has 3 nitrogen and oxygen atoms in total. The van der Waals surface area contributed by atoms with Gasteiger partial charge < -0.3 is 9.88 Å². The molecule has 0 fully saturated rings.